The zero-order valence-corrected chi connectivity index (χ0v) is 9.26. The van der Waals surface area contributed by atoms with Gasteiger partial charge >= 0.3 is 0 Å². The highest BCUT2D eigenvalue weighted by Crippen LogP contribution is 2.21. The van der Waals surface area contributed by atoms with E-state index in [1.54, 1.807) is 0 Å². The van der Waals surface area contributed by atoms with Gasteiger partial charge in [-0.05, 0) is 61.1 Å². The zero-order valence-electron chi connectivity index (χ0n) is 8.44. The summed E-state index contributed by atoms with van der Waals surface area (Å²) in [6, 6.07) is 6.50. The first kappa shape index (κ1) is 9.24. The quantitative estimate of drug-likeness (QED) is 0.837. The molecule has 1 N–H and O–H groups in total. The third kappa shape index (κ3) is 1.87. The number of nitrogens with one attached hydrogen (secondary N) is 1. The molecule has 3 nitrogen and oxygen atoms in total. The van der Waals surface area contributed by atoms with Crippen molar-refractivity contribution in [3.05, 3.63) is 23.8 Å². The Kier molecular flexibility index (Phi) is 2.38. The van der Waals surface area contributed by atoms with Crippen LogP contribution < -0.4 is 5.32 Å². The van der Waals surface area contributed by atoms with Crippen LogP contribution in [0.3, 0.4) is 0 Å². The molecule has 1 saturated heterocycles. The fourth-order valence-electron chi connectivity index (χ4n) is 2.17. The smallest absolute Gasteiger partial charge is 0.105 e. The zero-order chi connectivity index (χ0) is 10.1. The topological polar surface area (TPSA) is 37.8 Å². The highest BCUT2D eigenvalue weighted by atomic mass is 32.1. The highest BCUT2D eigenvalue weighted by molar-refractivity contribution is 7.12. The van der Waals surface area contributed by atoms with Crippen molar-refractivity contribution in [2.24, 2.45) is 5.92 Å². The van der Waals surface area contributed by atoms with Crippen LogP contribution in [0.15, 0.2) is 18.2 Å². The van der Waals surface area contributed by atoms with Crippen molar-refractivity contribution >= 4 is 21.7 Å². The molecular formula is C11H13N3S. The predicted molar refractivity (Wildman–Crippen MR) is 62.1 cm³/mol. The Labute approximate surface area is 92.7 Å². The summed E-state index contributed by atoms with van der Waals surface area (Å²) < 4.78 is 5.16. The fraction of sp³-hybridized carbons (Fsp3) is 0.455. The molecule has 0 saturated carbocycles. The van der Waals surface area contributed by atoms with E-state index in [9.17, 15) is 0 Å². The Morgan fingerprint density at radius 2 is 2.47 bits per heavy atom. The summed E-state index contributed by atoms with van der Waals surface area (Å²) >= 11 is 1.48. The number of fused-ring (bicyclic) bond motifs is 1. The molecule has 1 fully saturated rings. The SMILES string of the molecule is c1cc2nnsc2cc1CC1CCNC1. The van der Waals surface area contributed by atoms with E-state index in [0.29, 0.717) is 0 Å². The number of rotatable bonds is 2. The van der Waals surface area contributed by atoms with Crippen LogP contribution >= 0.6 is 11.5 Å². The summed E-state index contributed by atoms with van der Waals surface area (Å²) in [4.78, 5) is 0. The average Bonchev–Trinajstić information content (AvgIpc) is 2.87. The van der Waals surface area contributed by atoms with Gasteiger partial charge in [0.2, 0.25) is 0 Å². The Morgan fingerprint density at radius 1 is 1.47 bits per heavy atom. The van der Waals surface area contributed by atoms with Crippen molar-refractivity contribution in [2.45, 2.75) is 12.8 Å². The summed E-state index contributed by atoms with van der Waals surface area (Å²) in [6.45, 7) is 2.34. The van der Waals surface area contributed by atoms with Crippen molar-refractivity contribution in [1.29, 1.82) is 0 Å². The predicted octanol–water partition coefficient (Wildman–Crippen LogP) is 1.84. The fourth-order valence-corrected chi connectivity index (χ4v) is 2.79. The summed E-state index contributed by atoms with van der Waals surface area (Å²) in [7, 11) is 0. The summed E-state index contributed by atoms with van der Waals surface area (Å²) in [6.07, 6.45) is 2.49. The van der Waals surface area contributed by atoms with Crippen LogP contribution in [0.25, 0.3) is 10.2 Å². The molecule has 4 heteroatoms. The summed E-state index contributed by atoms with van der Waals surface area (Å²) in [5.41, 5.74) is 2.44. The lowest BCUT2D eigenvalue weighted by atomic mass is 9.99. The van der Waals surface area contributed by atoms with E-state index in [1.165, 1.54) is 47.7 Å². The molecule has 1 aliphatic rings. The molecule has 1 unspecified atom stereocenters. The molecular weight excluding hydrogens is 206 g/mol. The molecule has 1 aliphatic heterocycles. The minimum Gasteiger partial charge on any atom is -0.316 e. The molecule has 1 aromatic carbocycles. The van der Waals surface area contributed by atoms with Gasteiger partial charge in [-0.1, -0.05) is 10.6 Å². The minimum absolute atomic E-state index is 0.809. The van der Waals surface area contributed by atoms with Gasteiger partial charge in [0.1, 0.15) is 5.52 Å². The summed E-state index contributed by atoms with van der Waals surface area (Å²) in [5.74, 6) is 0.809. The first-order chi connectivity index (χ1) is 7.42. The van der Waals surface area contributed by atoms with E-state index >= 15 is 0 Å². The van der Waals surface area contributed by atoms with Gasteiger partial charge in [-0.15, -0.1) is 5.10 Å². The van der Waals surface area contributed by atoms with Crippen LogP contribution in [0.5, 0.6) is 0 Å². The molecule has 0 spiro atoms. The number of hydrogen-bond acceptors (Lipinski definition) is 4. The van der Waals surface area contributed by atoms with Crippen molar-refractivity contribution < 1.29 is 0 Å². The molecule has 78 valence electrons. The average molecular weight is 219 g/mol. The van der Waals surface area contributed by atoms with E-state index in [4.69, 9.17) is 0 Å². The molecule has 1 atom stereocenters. The van der Waals surface area contributed by atoms with Gasteiger partial charge in [-0.2, -0.15) is 0 Å². The molecule has 2 heterocycles. The van der Waals surface area contributed by atoms with Crippen LogP contribution in [-0.2, 0) is 6.42 Å². The van der Waals surface area contributed by atoms with Crippen molar-refractivity contribution in [2.75, 3.05) is 13.1 Å². The maximum atomic E-state index is 4.05. The summed E-state index contributed by atoms with van der Waals surface area (Å²) in [5, 5.41) is 7.45. The van der Waals surface area contributed by atoms with Crippen LogP contribution in [0.4, 0.5) is 0 Å². The second-order valence-corrected chi connectivity index (χ2v) is 4.92. The van der Waals surface area contributed by atoms with Crippen LogP contribution in [0.2, 0.25) is 0 Å². The first-order valence-electron chi connectivity index (χ1n) is 5.33. The van der Waals surface area contributed by atoms with Gasteiger partial charge in [0, 0.05) is 0 Å². The van der Waals surface area contributed by atoms with Gasteiger partial charge in [-0.25, -0.2) is 0 Å². The number of aromatic nitrogens is 2. The molecule has 15 heavy (non-hydrogen) atoms. The standard InChI is InChI=1S/C11H13N3S/c1-2-10-11(15-14-13-10)6-8(1)5-9-3-4-12-7-9/h1-2,6,9,12H,3-5,7H2. The maximum Gasteiger partial charge on any atom is 0.105 e. The van der Waals surface area contributed by atoms with E-state index in [-0.39, 0.29) is 0 Å². The Hall–Kier alpha value is -1.00. The molecule has 0 aliphatic carbocycles. The lowest BCUT2D eigenvalue weighted by Gasteiger charge is -2.07. The maximum absolute atomic E-state index is 4.05. The van der Waals surface area contributed by atoms with E-state index in [2.05, 4.69) is 33.1 Å². The third-order valence-electron chi connectivity index (χ3n) is 3.00. The van der Waals surface area contributed by atoms with Crippen molar-refractivity contribution in [1.82, 2.24) is 14.9 Å². The second kappa shape index (κ2) is 3.87. The van der Waals surface area contributed by atoms with E-state index in [0.717, 1.165) is 11.4 Å². The Balaban J connectivity index is 1.84. The molecule has 3 rings (SSSR count). The lowest BCUT2D eigenvalue weighted by molar-refractivity contribution is 0.580. The van der Waals surface area contributed by atoms with Gasteiger partial charge in [0.15, 0.2) is 0 Å². The molecule has 0 amide bonds. The van der Waals surface area contributed by atoms with Gasteiger partial charge in [0.25, 0.3) is 0 Å². The van der Waals surface area contributed by atoms with E-state index < -0.39 is 0 Å². The van der Waals surface area contributed by atoms with Gasteiger partial charge in [-0.3, -0.25) is 0 Å². The first-order valence-corrected chi connectivity index (χ1v) is 6.11. The van der Waals surface area contributed by atoms with E-state index in [1.807, 2.05) is 0 Å². The van der Waals surface area contributed by atoms with Crippen LogP contribution in [0, 0.1) is 5.92 Å². The van der Waals surface area contributed by atoms with Crippen molar-refractivity contribution in [3.63, 3.8) is 0 Å². The lowest BCUT2D eigenvalue weighted by Crippen LogP contribution is -2.10. The molecule has 2 aromatic rings. The largest absolute Gasteiger partial charge is 0.316 e. The Morgan fingerprint density at radius 3 is 3.33 bits per heavy atom. The minimum atomic E-state index is 0.809. The second-order valence-electron chi connectivity index (χ2n) is 4.14. The van der Waals surface area contributed by atoms with Crippen molar-refractivity contribution in [3.8, 4) is 0 Å². The normalized spacial score (nSPS) is 21.2. The number of nitrogens with zero attached hydrogens (tertiary/aromatic N) is 2. The molecule has 0 bridgehead atoms. The Bertz CT molecular complexity index is 460. The number of benzene rings is 1. The van der Waals surface area contributed by atoms with Gasteiger partial charge < -0.3 is 5.32 Å². The molecule has 0 radical (unpaired) electrons. The molecule has 1 aromatic heterocycles. The number of hydrogen-bond donors (Lipinski definition) is 1. The monoisotopic (exact) mass is 219 g/mol. The third-order valence-corrected chi connectivity index (χ3v) is 3.69. The highest BCUT2D eigenvalue weighted by Gasteiger charge is 2.14. The van der Waals surface area contributed by atoms with Crippen LogP contribution in [0.1, 0.15) is 12.0 Å². The van der Waals surface area contributed by atoms with Crippen LogP contribution in [-0.4, -0.2) is 22.7 Å². The van der Waals surface area contributed by atoms with Gasteiger partial charge in [0.05, 0.1) is 4.70 Å².